The maximum Gasteiger partial charge on any atom is 0.120 e. The zero-order valence-corrected chi connectivity index (χ0v) is 12.7. The Bertz CT molecular complexity index is 569. The van der Waals surface area contributed by atoms with Gasteiger partial charge in [0.15, 0.2) is 0 Å². The van der Waals surface area contributed by atoms with Crippen molar-refractivity contribution in [2.45, 2.75) is 39.8 Å². The molecule has 0 aliphatic carbocycles. The molecule has 20 heavy (non-hydrogen) atoms. The minimum atomic E-state index is -0.119. The van der Waals surface area contributed by atoms with Gasteiger partial charge in [0.2, 0.25) is 0 Å². The quantitative estimate of drug-likeness (QED) is 0.905. The van der Waals surface area contributed by atoms with E-state index in [1.54, 1.807) is 0 Å². The van der Waals surface area contributed by atoms with Crippen molar-refractivity contribution in [3.8, 4) is 5.75 Å². The second kappa shape index (κ2) is 6.10. The summed E-state index contributed by atoms with van der Waals surface area (Å²) in [4.78, 5) is 0. The normalized spacial score (nSPS) is 12.5. The summed E-state index contributed by atoms with van der Waals surface area (Å²) in [7, 11) is 0. The number of aryl methyl sites for hydroxylation is 2. The Morgan fingerprint density at radius 2 is 1.55 bits per heavy atom. The lowest BCUT2D eigenvalue weighted by Gasteiger charge is -2.19. The summed E-state index contributed by atoms with van der Waals surface area (Å²) in [5.41, 5.74) is 11.2. The van der Waals surface area contributed by atoms with Gasteiger partial charge in [-0.1, -0.05) is 30.3 Å². The molecule has 2 aromatic carbocycles. The first-order chi connectivity index (χ1) is 9.49. The Labute approximate surface area is 121 Å². The van der Waals surface area contributed by atoms with Crippen molar-refractivity contribution in [1.29, 1.82) is 0 Å². The number of hydrogen-bond donors (Lipinski definition) is 1. The summed E-state index contributed by atoms with van der Waals surface area (Å²) in [6.45, 7) is 8.27. The smallest absolute Gasteiger partial charge is 0.120 e. The molecule has 2 aromatic rings. The van der Waals surface area contributed by atoms with Crippen LogP contribution in [-0.2, 0) is 0 Å². The van der Waals surface area contributed by atoms with Crippen LogP contribution in [0, 0.1) is 13.8 Å². The lowest BCUT2D eigenvalue weighted by molar-refractivity contribution is 0.242. The van der Waals surface area contributed by atoms with E-state index in [2.05, 4.69) is 38.1 Å². The van der Waals surface area contributed by atoms with Gasteiger partial charge in [-0.25, -0.2) is 0 Å². The van der Waals surface area contributed by atoms with Crippen molar-refractivity contribution < 1.29 is 4.74 Å². The van der Waals surface area contributed by atoms with Crippen molar-refractivity contribution >= 4 is 0 Å². The van der Waals surface area contributed by atoms with Crippen LogP contribution in [0.2, 0.25) is 0 Å². The van der Waals surface area contributed by atoms with Gasteiger partial charge in [0.05, 0.1) is 12.1 Å². The first kappa shape index (κ1) is 14.6. The van der Waals surface area contributed by atoms with Gasteiger partial charge in [-0.3, -0.25) is 0 Å². The zero-order chi connectivity index (χ0) is 14.7. The van der Waals surface area contributed by atoms with Crippen LogP contribution in [0.3, 0.4) is 0 Å². The third-order valence-electron chi connectivity index (χ3n) is 3.44. The standard InChI is InChI=1S/C18H23NO/c1-12(2)20-16-10-6-9-15(11-16)18(19)17-13(3)7-5-8-14(17)4/h5-12,18H,19H2,1-4H3. The highest BCUT2D eigenvalue weighted by molar-refractivity contribution is 5.43. The van der Waals surface area contributed by atoms with Crippen molar-refractivity contribution in [3.63, 3.8) is 0 Å². The number of rotatable bonds is 4. The number of benzene rings is 2. The largest absolute Gasteiger partial charge is 0.491 e. The third-order valence-corrected chi connectivity index (χ3v) is 3.44. The molecule has 1 atom stereocenters. The van der Waals surface area contributed by atoms with Crippen molar-refractivity contribution in [1.82, 2.24) is 0 Å². The van der Waals surface area contributed by atoms with E-state index in [1.165, 1.54) is 16.7 Å². The SMILES string of the molecule is Cc1cccc(C)c1C(N)c1cccc(OC(C)C)c1. The van der Waals surface area contributed by atoms with Gasteiger partial charge in [0.1, 0.15) is 5.75 Å². The summed E-state index contributed by atoms with van der Waals surface area (Å²) in [6, 6.07) is 14.2. The molecule has 0 bridgehead atoms. The highest BCUT2D eigenvalue weighted by atomic mass is 16.5. The Balaban J connectivity index is 2.36. The molecule has 1 unspecified atom stereocenters. The average Bonchev–Trinajstić information content (AvgIpc) is 2.38. The Morgan fingerprint density at radius 1 is 0.950 bits per heavy atom. The maximum absolute atomic E-state index is 6.46. The zero-order valence-electron chi connectivity index (χ0n) is 12.7. The van der Waals surface area contributed by atoms with Crippen LogP contribution < -0.4 is 10.5 Å². The van der Waals surface area contributed by atoms with E-state index >= 15 is 0 Å². The van der Waals surface area contributed by atoms with Crippen LogP contribution >= 0.6 is 0 Å². The second-order valence-corrected chi connectivity index (χ2v) is 5.52. The molecule has 2 rings (SSSR count). The molecule has 0 fully saturated rings. The molecule has 0 aliphatic rings. The van der Waals surface area contributed by atoms with Crippen LogP contribution in [0.4, 0.5) is 0 Å². The molecule has 0 spiro atoms. The van der Waals surface area contributed by atoms with E-state index in [4.69, 9.17) is 10.5 Å². The number of ether oxygens (including phenoxy) is 1. The van der Waals surface area contributed by atoms with E-state index < -0.39 is 0 Å². The molecule has 0 aromatic heterocycles. The molecule has 0 heterocycles. The highest BCUT2D eigenvalue weighted by Gasteiger charge is 2.14. The van der Waals surface area contributed by atoms with Gasteiger partial charge in [0, 0.05) is 0 Å². The van der Waals surface area contributed by atoms with E-state index in [0.717, 1.165) is 11.3 Å². The Kier molecular flexibility index (Phi) is 4.46. The molecule has 2 nitrogen and oxygen atoms in total. The fourth-order valence-corrected chi connectivity index (χ4v) is 2.54. The van der Waals surface area contributed by atoms with Crippen molar-refractivity contribution in [2.24, 2.45) is 5.73 Å². The van der Waals surface area contributed by atoms with Gasteiger partial charge in [0.25, 0.3) is 0 Å². The lowest BCUT2D eigenvalue weighted by atomic mass is 9.92. The molecular formula is C18H23NO. The van der Waals surface area contributed by atoms with E-state index in [9.17, 15) is 0 Å². The van der Waals surface area contributed by atoms with E-state index in [-0.39, 0.29) is 12.1 Å². The van der Waals surface area contributed by atoms with Crippen LogP contribution in [-0.4, -0.2) is 6.10 Å². The number of hydrogen-bond acceptors (Lipinski definition) is 2. The van der Waals surface area contributed by atoms with Crippen molar-refractivity contribution in [2.75, 3.05) is 0 Å². The summed E-state index contributed by atoms with van der Waals surface area (Å²) < 4.78 is 5.75. The van der Waals surface area contributed by atoms with Crippen LogP contribution in [0.5, 0.6) is 5.75 Å². The van der Waals surface area contributed by atoms with Gasteiger partial charge in [-0.05, 0) is 62.1 Å². The van der Waals surface area contributed by atoms with Crippen LogP contribution in [0.25, 0.3) is 0 Å². The average molecular weight is 269 g/mol. The third kappa shape index (κ3) is 3.20. The summed E-state index contributed by atoms with van der Waals surface area (Å²) in [5, 5.41) is 0. The molecule has 0 radical (unpaired) electrons. The molecule has 0 saturated carbocycles. The summed E-state index contributed by atoms with van der Waals surface area (Å²) in [6.07, 6.45) is 0.168. The minimum Gasteiger partial charge on any atom is -0.491 e. The molecule has 0 saturated heterocycles. The topological polar surface area (TPSA) is 35.2 Å². The molecule has 2 N–H and O–H groups in total. The number of nitrogens with two attached hydrogens (primary N) is 1. The maximum atomic E-state index is 6.46. The molecule has 2 heteroatoms. The molecule has 106 valence electrons. The monoisotopic (exact) mass is 269 g/mol. The Morgan fingerprint density at radius 3 is 2.15 bits per heavy atom. The fraction of sp³-hybridized carbons (Fsp3) is 0.333. The van der Waals surface area contributed by atoms with Gasteiger partial charge >= 0.3 is 0 Å². The lowest BCUT2D eigenvalue weighted by Crippen LogP contribution is -2.15. The van der Waals surface area contributed by atoms with Crippen LogP contribution in [0.15, 0.2) is 42.5 Å². The van der Waals surface area contributed by atoms with E-state index in [1.807, 2.05) is 32.0 Å². The first-order valence-electron chi connectivity index (χ1n) is 7.07. The molecule has 0 amide bonds. The van der Waals surface area contributed by atoms with Crippen molar-refractivity contribution in [3.05, 3.63) is 64.7 Å². The predicted octanol–water partition coefficient (Wildman–Crippen LogP) is 4.14. The first-order valence-corrected chi connectivity index (χ1v) is 7.07. The minimum absolute atomic E-state index is 0.119. The Hall–Kier alpha value is -1.80. The summed E-state index contributed by atoms with van der Waals surface area (Å²) >= 11 is 0. The molecule has 0 aliphatic heterocycles. The van der Waals surface area contributed by atoms with Gasteiger partial charge in [-0.15, -0.1) is 0 Å². The highest BCUT2D eigenvalue weighted by Crippen LogP contribution is 2.28. The second-order valence-electron chi connectivity index (χ2n) is 5.52. The summed E-state index contributed by atoms with van der Waals surface area (Å²) in [5.74, 6) is 0.874. The van der Waals surface area contributed by atoms with Crippen LogP contribution in [0.1, 0.15) is 42.1 Å². The van der Waals surface area contributed by atoms with Gasteiger partial charge in [-0.2, -0.15) is 0 Å². The van der Waals surface area contributed by atoms with E-state index in [0.29, 0.717) is 0 Å². The van der Waals surface area contributed by atoms with Gasteiger partial charge < -0.3 is 10.5 Å². The molecular weight excluding hydrogens is 246 g/mol. The predicted molar refractivity (Wildman–Crippen MR) is 84.2 cm³/mol. The fourth-order valence-electron chi connectivity index (χ4n) is 2.54.